The number of nitrogens with one attached hydrogen (secondary N) is 1. The number of rotatable bonds is 3. The van der Waals surface area contributed by atoms with E-state index in [4.69, 9.17) is 23.2 Å². The quantitative estimate of drug-likeness (QED) is 0.832. The van der Waals surface area contributed by atoms with Gasteiger partial charge in [0.25, 0.3) is 5.91 Å². The molecule has 0 bridgehead atoms. The summed E-state index contributed by atoms with van der Waals surface area (Å²) in [6.07, 6.45) is 0. The molecular formula is C14H10Cl2FNO. The van der Waals surface area contributed by atoms with Crippen molar-refractivity contribution in [3.63, 3.8) is 0 Å². The van der Waals surface area contributed by atoms with Crippen LogP contribution in [0, 0.1) is 5.82 Å². The fourth-order valence-corrected chi connectivity index (χ4v) is 1.94. The molecule has 2 aromatic carbocycles. The summed E-state index contributed by atoms with van der Waals surface area (Å²) in [5.41, 5.74) is 1.30. The molecular weight excluding hydrogens is 288 g/mol. The first-order valence-corrected chi connectivity index (χ1v) is 6.43. The molecule has 19 heavy (non-hydrogen) atoms. The van der Waals surface area contributed by atoms with Crippen molar-refractivity contribution in [3.8, 4) is 0 Å². The van der Waals surface area contributed by atoms with Gasteiger partial charge >= 0.3 is 0 Å². The van der Waals surface area contributed by atoms with Gasteiger partial charge in [-0.15, -0.1) is 11.6 Å². The monoisotopic (exact) mass is 297 g/mol. The van der Waals surface area contributed by atoms with Gasteiger partial charge in [-0.1, -0.05) is 29.8 Å². The van der Waals surface area contributed by atoms with Gasteiger partial charge in [0.1, 0.15) is 5.82 Å². The van der Waals surface area contributed by atoms with Crippen LogP contribution in [0.25, 0.3) is 0 Å². The Morgan fingerprint density at radius 3 is 2.42 bits per heavy atom. The number of hydrogen-bond donors (Lipinski definition) is 1. The first-order valence-electron chi connectivity index (χ1n) is 5.52. The third-order valence-electron chi connectivity index (χ3n) is 2.57. The Hall–Kier alpha value is -1.58. The number of carbonyl (C=O) groups is 1. The summed E-state index contributed by atoms with van der Waals surface area (Å²) >= 11 is 11.5. The summed E-state index contributed by atoms with van der Waals surface area (Å²) in [4.78, 5) is 11.9. The molecule has 5 heteroatoms. The van der Waals surface area contributed by atoms with Crippen LogP contribution in [0.15, 0.2) is 42.5 Å². The lowest BCUT2D eigenvalue weighted by molar-refractivity contribution is 0.102. The van der Waals surface area contributed by atoms with Gasteiger partial charge in [-0.2, -0.15) is 0 Å². The predicted octanol–water partition coefficient (Wildman–Crippen LogP) is 4.47. The Morgan fingerprint density at radius 2 is 1.84 bits per heavy atom. The maximum Gasteiger partial charge on any atom is 0.255 e. The van der Waals surface area contributed by atoms with E-state index in [0.29, 0.717) is 11.4 Å². The van der Waals surface area contributed by atoms with Crippen LogP contribution < -0.4 is 5.32 Å². The second-order valence-electron chi connectivity index (χ2n) is 3.88. The highest BCUT2D eigenvalue weighted by Crippen LogP contribution is 2.25. The number of carbonyl (C=O) groups excluding carboxylic acids is 1. The van der Waals surface area contributed by atoms with Crippen LogP contribution in [0.5, 0.6) is 0 Å². The van der Waals surface area contributed by atoms with Gasteiger partial charge in [0.2, 0.25) is 0 Å². The molecule has 0 aliphatic rings. The van der Waals surface area contributed by atoms with E-state index >= 15 is 0 Å². The summed E-state index contributed by atoms with van der Waals surface area (Å²) < 4.78 is 13.5. The lowest BCUT2D eigenvalue weighted by Gasteiger charge is -2.08. The highest BCUT2D eigenvalue weighted by atomic mass is 35.5. The maximum atomic E-state index is 13.5. The van der Waals surface area contributed by atoms with Crippen molar-refractivity contribution in [2.45, 2.75) is 5.88 Å². The van der Waals surface area contributed by atoms with Crippen LogP contribution in [0.2, 0.25) is 5.02 Å². The van der Waals surface area contributed by atoms with Crippen molar-refractivity contribution >= 4 is 34.8 Å². The zero-order valence-corrected chi connectivity index (χ0v) is 11.3. The van der Waals surface area contributed by atoms with Gasteiger partial charge in [-0.25, -0.2) is 4.39 Å². The maximum absolute atomic E-state index is 13.5. The van der Waals surface area contributed by atoms with Gasteiger partial charge in [0.15, 0.2) is 0 Å². The molecule has 2 nitrogen and oxygen atoms in total. The average molecular weight is 298 g/mol. The second kappa shape index (κ2) is 6.04. The van der Waals surface area contributed by atoms with Gasteiger partial charge in [0.05, 0.1) is 10.7 Å². The Kier molecular flexibility index (Phi) is 4.40. The molecule has 0 saturated carbocycles. The molecule has 1 N–H and O–H groups in total. The molecule has 0 aliphatic heterocycles. The van der Waals surface area contributed by atoms with E-state index in [2.05, 4.69) is 5.32 Å². The normalized spacial score (nSPS) is 10.3. The van der Waals surface area contributed by atoms with Crippen molar-refractivity contribution in [1.29, 1.82) is 0 Å². The second-order valence-corrected chi connectivity index (χ2v) is 4.56. The number of benzene rings is 2. The molecule has 0 saturated heterocycles. The molecule has 2 rings (SSSR count). The van der Waals surface area contributed by atoms with E-state index < -0.39 is 11.7 Å². The molecule has 0 spiro atoms. The number of amides is 1. The lowest BCUT2D eigenvalue weighted by Crippen LogP contribution is -2.13. The minimum absolute atomic E-state index is 0.0180. The zero-order chi connectivity index (χ0) is 13.8. The fraction of sp³-hybridized carbons (Fsp3) is 0.0714. The smallest absolute Gasteiger partial charge is 0.255 e. The number of para-hydroxylation sites is 1. The van der Waals surface area contributed by atoms with Crippen molar-refractivity contribution < 1.29 is 9.18 Å². The van der Waals surface area contributed by atoms with E-state index in [1.54, 1.807) is 24.3 Å². The number of anilines is 1. The van der Waals surface area contributed by atoms with Gasteiger partial charge in [-0.3, -0.25) is 4.79 Å². The highest BCUT2D eigenvalue weighted by molar-refractivity contribution is 6.34. The Morgan fingerprint density at radius 1 is 1.16 bits per heavy atom. The SMILES string of the molecule is O=C(Nc1c(F)cccc1Cl)c1ccc(CCl)cc1. The summed E-state index contributed by atoms with van der Waals surface area (Å²) in [6.45, 7) is 0. The van der Waals surface area contributed by atoms with Gasteiger partial charge < -0.3 is 5.32 Å². The molecule has 0 atom stereocenters. The van der Waals surface area contributed by atoms with Crippen LogP contribution >= 0.6 is 23.2 Å². The van der Waals surface area contributed by atoms with Crippen molar-refractivity contribution in [3.05, 3.63) is 64.4 Å². The molecule has 0 aromatic heterocycles. The predicted molar refractivity (Wildman–Crippen MR) is 75.4 cm³/mol. The van der Waals surface area contributed by atoms with E-state index in [-0.39, 0.29) is 10.7 Å². The number of alkyl halides is 1. The van der Waals surface area contributed by atoms with E-state index in [0.717, 1.165) is 5.56 Å². The summed E-state index contributed by atoms with van der Waals surface area (Å²) in [6, 6.07) is 11.0. The Bertz CT molecular complexity index is 579. The van der Waals surface area contributed by atoms with Crippen LogP contribution in [0.3, 0.4) is 0 Å². The molecule has 1 amide bonds. The summed E-state index contributed by atoms with van der Waals surface area (Å²) in [5, 5.41) is 2.61. The third-order valence-corrected chi connectivity index (χ3v) is 3.20. The zero-order valence-electron chi connectivity index (χ0n) is 9.79. The molecule has 0 radical (unpaired) electrons. The van der Waals surface area contributed by atoms with Crippen molar-refractivity contribution in [1.82, 2.24) is 0 Å². The molecule has 0 aliphatic carbocycles. The van der Waals surface area contributed by atoms with Crippen LogP contribution in [0.1, 0.15) is 15.9 Å². The summed E-state index contributed by atoms with van der Waals surface area (Å²) in [5.74, 6) is -0.618. The first kappa shape index (κ1) is 13.8. The Balaban J connectivity index is 2.20. The third kappa shape index (κ3) is 3.25. The molecule has 2 aromatic rings. The molecule has 0 fully saturated rings. The molecule has 98 valence electrons. The average Bonchev–Trinajstić information content (AvgIpc) is 2.43. The van der Waals surface area contributed by atoms with Crippen molar-refractivity contribution in [2.75, 3.05) is 5.32 Å². The lowest BCUT2D eigenvalue weighted by atomic mass is 10.1. The van der Waals surface area contributed by atoms with E-state index in [1.807, 2.05) is 0 Å². The van der Waals surface area contributed by atoms with Crippen LogP contribution in [-0.2, 0) is 5.88 Å². The molecule has 0 heterocycles. The van der Waals surface area contributed by atoms with E-state index in [9.17, 15) is 9.18 Å². The summed E-state index contributed by atoms with van der Waals surface area (Å²) in [7, 11) is 0. The number of halogens is 3. The first-order chi connectivity index (χ1) is 9.11. The van der Waals surface area contributed by atoms with Crippen molar-refractivity contribution in [2.24, 2.45) is 0 Å². The van der Waals surface area contributed by atoms with E-state index in [1.165, 1.54) is 18.2 Å². The van der Waals surface area contributed by atoms with Crippen LogP contribution in [-0.4, -0.2) is 5.91 Å². The standard InChI is InChI=1S/C14H10Cl2FNO/c15-8-9-4-6-10(7-5-9)14(19)18-13-11(16)2-1-3-12(13)17/h1-7H,8H2,(H,18,19). The van der Waals surface area contributed by atoms with Crippen LogP contribution in [0.4, 0.5) is 10.1 Å². The minimum atomic E-state index is -0.571. The topological polar surface area (TPSA) is 29.1 Å². The highest BCUT2D eigenvalue weighted by Gasteiger charge is 2.12. The van der Waals surface area contributed by atoms with Gasteiger partial charge in [-0.05, 0) is 29.8 Å². The number of hydrogen-bond acceptors (Lipinski definition) is 1. The fourth-order valence-electron chi connectivity index (χ4n) is 1.55. The van der Waals surface area contributed by atoms with Gasteiger partial charge in [0, 0.05) is 11.4 Å². The molecule has 0 unspecified atom stereocenters. The Labute approximate surface area is 120 Å². The largest absolute Gasteiger partial charge is 0.318 e. The minimum Gasteiger partial charge on any atom is -0.318 e.